The van der Waals surface area contributed by atoms with Gasteiger partial charge in [0.05, 0.1) is 22.5 Å². The molecular weight excluding hydrogens is 280 g/mol. The fourth-order valence-corrected chi connectivity index (χ4v) is 3.34. The van der Waals surface area contributed by atoms with Gasteiger partial charge in [0.2, 0.25) is 0 Å². The van der Waals surface area contributed by atoms with Crippen LogP contribution in [0.1, 0.15) is 18.3 Å². The second kappa shape index (κ2) is 5.69. The second-order valence-electron chi connectivity index (χ2n) is 5.01. The Morgan fingerprint density at radius 1 is 1.19 bits per heavy atom. The number of fused-ring (bicyclic) bond motifs is 1. The quantitative estimate of drug-likeness (QED) is 0.748. The number of hydrogen-bond donors (Lipinski definition) is 1. The van der Waals surface area contributed by atoms with E-state index in [1.807, 2.05) is 37.3 Å². The van der Waals surface area contributed by atoms with Gasteiger partial charge in [-0.3, -0.25) is 4.98 Å². The maximum absolute atomic E-state index is 5.84. The Labute approximate surface area is 128 Å². The van der Waals surface area contributed by atoms with Crippen LogP contribution in [0, 0.1) is 6.92 Å². The molecule has 0 aliphatic heterocycles. The van der Waals surface area contributed by atoms with Crippen molar-refractivity contribution >= 4 is 32.4 Å². The predicted octanol–water partition coefficient (Wildman–Crippen LogP) is 3.61. The van der Waals surface area contributed by atoms with Crippen LogP contribution >= 0.6 is 11.3 Å². The van der Waals surface area contributed by atoms with Crippen LogP contribution in [0.25, 0.3) is 10.2 Å². The zero-order valence-electron chi connectivity index (χ0n) is 12.2. The standard InChI is InChI=1S/C16H18N4S/c1-3-20(10-13-6-4-5-11(2)18-13)16-19-14-8-7-12(17)9-15(14)21-16/h4-9H,3,10,17H2,1-2H3. The minimum Gasteiger partial charge on any atom is -0.399 e. The molecule has 3 rings (SSSR count). The van der Waals surface area contributed by atoms with Gasteiger partial charge in [-0.1, -0.05) is 17.4 Å². The fourth-order valence-electron chi connectivity index (χ4n) is 2.26. The van der Waals surface area contributed by atoms with Crippen molar-refractivity contribution in [2.24, 2.45) is 0 Å². The van der Waals surface area contributed by atoms with E-state index < -0.39 is 0 Å². The molecule has 0 spiro atoms. The minimum atomic E-state index is 0.771. The second-order valence-corrected chi connectivity index (χ2v) is 6.02. The molecule has 5 heteroatoms. The van der Waals surface area contributed by atoms with Gasteiger partial charge >= 0.3 is 0 Å². The number of pyridine rings is 1. The highest BCUT2D eigenvalue weighted by atomic mass is 32.1. The van der Waals surface area contributed by atoms with Crippen LogP contribution < -0.4 is 10.6 Å². The molecule has 0 amide bonds. The third kappa shape index (κ3) is 2.97. The molecular formula is C16H18N4S. The highest BCUT2D eigenvalue weighted by molar-refractivity contribution is 7.22. The number of aromatic nitrogens is 2. The molecule has 2 N–H and O–H groups in total. The molecule has 1 aromatic carbocycles. The lowest BCUT2D eigenvalue weighted by Gasteiger charge is -2.19. The van der Waals surface area contributed by atoms with Gasteiger partial charge in [-0.15, -0.1) is 0 Å². The van der Waals surface area contributed by atoms with E-state index in [1.165, 1.54) is 0 Å². The minimum absolute atomic E-state index is 0.771. The van der Waals surface area contributed by atoms with Crippen LogP contribution in [-0.4, -0.2) is 16.5 Å². The van der Waals surface area contributed by atoms with E-state index in [4.69, 9.17) is 10.7 Å². The molecule has 0 bridgehead atoms. The smallest absolute Gasteiger partial charge is 0.186 e. The van der Waals surface area contributed by atoms with Gasteiger partial charge in [-0.2, -0.15) is 0 Å². The molecule has 0 fully saturated rings. The number of nitrogens with zero attached hydrogens (tertiary/aromatic N) is 3. The summed E-state index contributed by atoms with van der Waals surface area (Å²) in [5, 5.41) is 1.02. The van der Waals surface area contributed by atoms with Crippen LogP contribution in [0.15, 0.2) is 36.4 Å². The predicted molar refractivity (Wildman–Crippen MR) is 89.7 cm³/mol. The van der Waals surface area contributed by atoms with Crippen molar-refractivity contribution in [2.75, 3.05) is 17.2 Å². The monoisotopic (exact) mass is 298 g/mol. The number of thiazole rings is 1. The third-order valence-corrected chi connectivity index (χ3v) is 4.43. The van der Waals surface area contributed by atoms with E-state index in [2.05, 4.69) is 22.9 Å². The van der Waals surface area contributed by atoms with Crippen molar-refractivity contribution in [2.45, 2.75) is 20.4 Å². The molecule has 2 heterocycles. The largest absolute Gasteiger partial charge is 0.399 e. The number of hydrogen-bond acceptors (Lipinski definition) is 5. The molecule has 3 aromatic rings. The van der Waals surface area contributed by atoms with Crippen molar-refractivity contribution in [3.05, 3.63) is 47.8 Å². The molecule has 0 unspecified atom stereocenters. The number of rotatable bonds is 4. The normalized spacial score (nSPS) is 11.0. The number of aryl methyl sites for hydroxylation is 1. The summed E-state index contributed by atoms with van der Waals surface area (Å²) in [5.41, 5.74) is 9.72. The number of benzene rings is 1. The Morgan fingerprint density at radius 3 is 2.81 bits per heavy atom. The van der Waals surface area contributed by atoms with E-state index in [0.29, 0.717) is 0 Å². The Morgan fingerprint density at radius 2 is 2.05 bits per heavy atom. The lowest BCUT2D eigenvalue weighted by molar-refractivity contribution is 0.803. The van der Waals surface area contributed by atoms with Crippen LogP contribution in [0.2, 0.25) is 0 Å². The first-order chi connectivity index (χ1) is 10.2. The summed E-state index contributed by atoms with van der Waals surface area (Å²) < 4.78 is 1.13. The molecule has 0 radical (unpaired) electrons. The molecule has 108 valence electrons. The molecule has 0 atom stereocenters. The lowest BCUT2D eigenvalue weighted by Crippen LogP contribution is -2.22. The topological polar surface area (TPSA) is 55.0 Å². The molecule has 21 heavy (non-hydrogen) atoms. The van der Waals surface area contributed by atoms with Crippen molar-refractivity contribution in [3.8, 4) is 0 Å². The number of nitrogen functional groups attached to an aromatic ring is 1. The Hall–Kier alpha value is -2.14. The fraction of sp³-hybridized carbons (Fsp3) is 0.250. The van der Waals surface area contributed by atoms with Crippen LogP contribution in [-0.2, 0) is 6.54 Å². The molecule has 4 nitrogen and oxygen atoms in total. The summed E-state index contributed by atoms with van der Waals surface area (Å²) in [4.78, 5) is 11.5. The summed E-state index contributed by atoms with van der Waals surface area (Å²) >= 11 is 1.67. The average molecular weight is 298 g/mol. The maximum atomic E-state index is 5.84. The van der Waals surface area contributed by atoms with Gasteiger partial charge in [0.25, 0.3) is 0 Å². The van der Waals surface area contributed by atoms with Crippen molar-refractivity contribution < 1.29 is 0 Å². The van der Waals surface area contributed by atoms with Crippen molar-refractivity contribution in [1.29, 1.82) is 0 Å². The summed E-state index contributed by atoms with van der Waals surface area (Å²) in [5.74, 6) is 0. The van der Waals surface area contributed by atoms with Crippen LogP contribution in [0.3, 0.4) is 0 Å². The number of anilines is 2. The van der Waals surface area contributed by atoms with Crippen molar-refractivity contribution in [1.82, 2.24) is 9.97 Å². The average Bonchev–Trinajstić information content (AvgIpc) is 2.87. The molecule has 0 saturated heterocycles. The van der Waals surface area contributed by atoms with Crippen LogP contribution in [0.5, 0.6) is 0 Å². The molecule has 0 aliphatic carbocycles. The third-order valence-electron chi connectivity index (χ3n) is 3.35. The van der Waals surface area contributed by atoms with Crippen LogP contribution in [0.4, 0.5) is 10.8 Å². The summed E-state index contributed by atoms with van der Waals surface area (Å²) in [6.45, 7) is 5.81. The summed E-state index contributed by atoms with van der Waals surface area (Å²) in [6, 6.07) is 12.0. The van der Waals surface area contributed by atoms with Gasteiger partial charge in [-0.25, -0.2) is 4.98 Å². The summed E-state index contributed by atoms with van der Waals surface area (Å²) in [7, 11) is 0. The maximum Gasteiger partial charge on any atom is 0.186 e. The van der Waals surface area contributed by atoms with Crippen molar-refractivity contribution in [3.63, 3.8) is 0 Å². The number of nitrogens with two attached hydrogens (primary N) is 1. The Bertz CT molecular complexity index is 766. The van der Waals surface area contributed by atoms with Gasteiger partial charge in [0.1, 0.15) is 0 Å². The van der Waals surface area contributed by atoms with Gasteiger partial charge < -0.3 is 10.6 Å². The molecule has 0 saturated carbocycles. The Kier molecular flexibility index (Phi) is 3.75. The summed E-state index contributed by atoms with van der Waals surface area (Å²) in [6.07, 6.45) is 0. The van der Waals surface area contributed by atoms with E-state index in [9.17, 15) is 0 Å². The van der Waals surface area contributed by atoms with E-state index in [0.717, 1.165) is 45.5 Å². The highest BCUT2D eigenvalue weighted by Crippen LogP contribution is 2.30. The lowest BCUT2D eigenvalue weighted by atomic mass is 10.3. The zero-order valence-corrected chi connectivity index (χ0v) is 13.0. The first-order valence-corrected chi connectivity index (χ1v) is 7.81. The van der Waals surface area contributed by atoms with E-state index in [1.54, 1.807) is 11.3 Å². The Balaban J connectivity index is 1.90. The zero-order chi connectivity index (χ0) is 14.8. The van der Waals surface area contributed by atoms with Gasteiger partial charge in [-0.05, 0) is 44.2 Å². The SMILES string of the molecule is CCN(Cc1cccc(C)n1)c1nc2ccc(N)cc2s1. The van der Waals surface area contributed by atoms with Gasteiger partial charge in [0, 0.05) is 17.9 Å². The van der Waals surface area contributed by atoms with E-state index in [-0.39, 0.29) is 0 Å². The van der Waals surface area contributed by atoms with Gasteiger partial charge in [0.15, 0.2) is 5.13 Å². The highest BCUT2D eigenvalue weighted by Gasteiger charge is 2.12. The van der Waals surface area contributed by atoms with E-state index >= 15 is 0 Å². The molecule has 0 aliphatic rings. The first-order valence-electron chi connectivity index (χ1n) is 6.99. The molecule has 2 aromatic heterocycles. The first kappa shape index (κ1) is 13.8.